The first-order valence-electron chi connectivity index (χ1n) is 12.5. The Morgan fingerprint density at radius 1 is 1.22 bits per heavy atom. The number of ether oxygens (including phenoxy) is 4. The predicted octanol–water partition coefficient (Wildman–Crippen LogP) is 4.81. The summed E-state index contributed by atoms with van der Waals surface area (Å²) < 4.78 is 37.0. The van der Waals surface area contributed by atoms with Crippen LogP contribution in [0, 0.1) is 18.7 Å². The summed E-state index contributed by atoms with van der Waals surface area (Å²) in [6.07, 6.45) is 14.9. The number of rotatable bonds is 8. The monoisotopic (exact) mass is 493 g/mol. The van der Waals surface area contributed by atoms with Crippen LogP contribution in [0.4, 0.5) is 10.1 Å². The SMILES string of the molecule is Cc1cc(NC2C=CN=C3C=C(O/C=C/CN4CCOCC4)C(OC4=COCCC4)=CC32)ccc1F. The van der Waals surface area contributed by atoms with Crippen LogP contribution in [0.15, 0.2) is 83.5 Å². The van der Waals surface area contributed by atoms with Crippen LogP contribution in [0.2, 0.25) is 0 Å². The number of halogens is 1. The molecule has 3 heterocycles. The van der Waals surface area contributed by atoms with E-state index in [4.69, 9.17) is 18.9 Å². The highest BCUT2D eigenvalue weighted by Crippen LogP contribution is 2.32. The first-order valence-corrected chi connectivity index (χ1v) is 12.5. The summed E-state index contributed by atoms with van der Waals surface area (Å²) in [5, 5.41) is 3.50. The number of nitrogens with one attached hydrogen (secondary N) is 1. The summed E-state index contributed by atoms with van der Waals surface area (Å²) in [6, 6.07) is 4.97. The summed E-state index contributed by atoms with van der Waals surface area (Å²) in [6.45, 7) is 6.62. The number of anilines is 1. The molecule has 36 heavy (non-hydrogen) atoms. The topological polar surface area (TPSA) is 64.6 Å². The summed E-state index contributed by atoms with van der Waals surface area (Å²) in [5.41, 5.74) is 2.31. The van der Waals surface area contributed by atoms with Gasteiger partial charge in [0.15, 0.2) is 11.5 Å². The highest BCUT2D eigenvalue weighted by Gasteiger charge is 2.31. The molecule has 0 aromatic heterocycles. The van der Waals surface area contributed by atoms with E-state index in [0.717, 1.165) is 62.8 Å². The first-order chi connectivity index (χ1) is 17.7. The largest absolute Gasteiger partial charge is 0.498 e. The molecule has 0 spiro atoms. The Bertz CT molecular complexity index is 1130. The first kappa shape index (κ1) is 24.3. The Morgan fingerprint density at radius 2 is 2.11 bits per heavy atom. The molecule has 190 valence electrons. The minimum Gasteiger partial charge on any atom is -0.498 e. The van der Waals surface area contributed by atoms with E-state index in [2.05, 4.69) is 15.2 Å². The molecule has 1 saturated heterocycles. The lowest BCUT2D eigenvalue weighted by molar-refractivity contribution is 0.0432. The van der Waals surface area contributed by atoms with Crippen molar-refractivity contribution in [1.29, 1.82) is 0 Å². The van der Waals surface area contributed by atoms with E-state index in [1.165, 1.54) is 6.07 Å². The lowest BCUT2D eigenvalue weighted by Crippen LogP contribution is -2.36. The number of aliphatic imine (C=N–C) groups is 1. The minimum absolute atomic E-state index is 0.0767. The van der Waals surface area contributed by atoms with Crippen molar-refractivity contribution in [2.75, 3.05) is 44.8 Å². The van der Waals surface area contributed by atoms with Crippen molar-refractivity contribution in [2.24, 2.45) is 10.9 Å². The van der Waals surface area contributed by atoms with Gasteiger partial charge in [-0.1, -0.05) is 0 Å². The molecule has 4 aliphatic rings. The van der Waals surface area contributed by atoms with Crippen LogP contribution >= 0.6 is 0 Å². The van der Waals surface area contributed by atoms with Gasteiger partial charge in [-0.05, 0) is 55.3 Å². The van der Waals surface area contributed by atoms with E-state index >= 15 is 0 Å². The Hall–Kier alpha value is -3.36. The quantitative estimate of drug-likeness (QED) is 0.525. The van der Waals surface area contributed by atoms with E-state index in [-0.39, 0.29) is 17.8 Å². The number of hydrogen-bond acceptors (Lipinski definition) is 7. The Balaban J connectivity index is 1.33. The highest BCUT2D eigenvalue weighted by molar-refractivity contribution is 6.02. The molecule has 1 aromatic carbocycles. The fraction of sp³-hybridized carbons (Fsp3) is 0.393. The smallest absolute Gasteiger partial charge is 0.170 e. The molecule has 2 atom stereocenters. The van der Waals surface area contributed by atoms with Crippen molar-refractivity contribution in [3.05, 3.63) is 89.9 Å². The molecule has 1 aromatic rings. The molecular formula is C28H32FN3O4. The van der Waals surface area contributed by atoms with Crippen LogP contribution in [-0.2, 0) is 18.9 Å². The lowest BCUT2D eigenvalue weighted by Gasteiger charge is -2.31. The third-order valence-electron chi connectivity index (χ3n) is 6.49. The predicted molar refractivity (Wildman–Crippen MR) is 137 cm³/mol. The lowest BCUT2D eigenvalue weighted by atomic mass is 9.87. The Labute approximate surface area is 211 Å². The van der Waals surface area contributed by atoms with Gasteiger partial charge in [-0.3, -0.25) is 9.89 Å². The zero-order valence-electron chi connectivity index (χ0n) is 20.5. The molecule has 0 amide bonds. The maximum absolute atomic E-state index is 13.8. The van der Waals surface area contributed by atoms with Crippen molar-refractivity contribution < 1.29 is 23.3 Å². The van der Waals surface area contributed by atoms with Crippen LogP contribution < -0.4 is 5.32 Å². The van der Waals surface area contributed by atoms with Gasteiger partial charge in [0.05, 0.1) is 37.8 Å². The van der Waals surface area contributed by atoms with Gasteiger partial charge in [-0.2, -0.15) is 0 Å². The highest BCUT2D eigenvalue weighted by atomic mass is 19.1. The van der Waals surface area contributed by atoms with Gasteiger partial charge in [0, 0.05) is 49.9 Å². The van der Waals surface area contributed by atoms with E-state index in [9.17, 15) is 4.39 Å². The third kappa shape index (κ3) is 6.06. The molecule has 0 radical (unpaired) electrons. The van der Waals surface area contributed by atoms with Crippen molar-refractivity contribution in [1.82, 2.24) is 4.90 Å². The number of hydrogen-bond donors (Lipinski definition) is 1. The summed E-state index contributed by atoms with van der Waals surface area (Å²) in [4.78, 5) is 6.92. The molecule has 1 fully saturated rings. The number of fused-ring (bicyclic) bond motifs is 1. The fourth-order valence-corrected chi connectivity index (χ4v) is 4.48. The average molecular weight is 494 g/mol. The van der Waals surface area contributed by atoms with Crippen molar-refractivity contribution in [3.8, 4) is 0 Å². The van der Waals surface area contributed by atoms with E-state index in [0.29, 0.717) is 23.7 Å². The number of aryl methyl sites for hydroxylation is 1. The fourth-order valence-electron chi connectivity index (χ4n) is 4.48. The molecule has 2 unspecified atom stereocenters. The zero-order valence-corrected chi connectivity index (χ0v) is 20.5. The average Bonchev–Trinajstić information content (AvgIpc) is 2.90. The molecule has 7 nitrogen and oxygen atoms in total. The molecule has 0 bridgehead atoms. The van der Waals surface area contributed by atoms with Gasteiger partial charge in [0.25, 0.3) is 0 Å². The summed E-state index contributed by atoms with van der Waals surface area (Å²) in [5.74, 6) is 1.70. The molecule has 1 aliphatic carbocycles. The molecule has 3 aliphatic heterocycles. The van der Waals surface area contributed by atoms with Crippen molar-refractivity contribution in [2.45, 2.75) is 25.8 Å². The van der Waals surface area contributed by atoms with Crippen LogP contribution in [0.5, 0.6) is 0 Å². The Morgan fingerprint density at radius 3 is 2.92 bits per heavy atom. The van der Waals surface area contributed by atoms with Gasteiger partial charge >= 0.3 is 0 Å². The van der Waals surface area contributed by atoms with Gasteiger partial charge in [-0.25, -0.2) is 4.39 Å². The van der Waals surface area contributed by atoms with Crippen molar-refractivity contribution >= 4 is 11.4 Å². The number of nitrogens with zero attached hydrogens (tertiary/aromatic N) is 2. The van der Waals surface area contributed by atoms with E-state index in [1.54, 1.807) is 31.7 Å². The maximum Gasteiger partial charge on any atom is 0.170 e. The van der Waals surface area contributed by atoms with Gasteiger partial charge in [0.1, 0.15) is 17.8 Å². The standard InChI is InChI=1S/C28H32FN3O4/c1-20-16-21(5-6-24(20)29)31-25-7-8-30-26-18-27(35-13-3-9-32-10-14-33-15-11-32)28(17-23(25)26)36-22-4-2-12-34-19-22/h3,5-8,13,16-19,23,25,31H,2,4,9-12,14-15H2,1H3/b13-3+. The molecule has 8 heteroatoms. The molecule has 1 N–H and O–H groups in total. The third-order valence-corrected chi connectivity index (χ3v) is 6.49. The number of morpholine rings is 1. The summed E-state index contributed by atoms with van der Waals surface area (Å²) >= 11 is 0. The van der Waals surface area contributed by atoms with Gasteiger partial charge < -0.3 is 24.3 Å². The van der Waals surface area contributed by atoms with Crippen LogP contribution in [-0.4, -0.2) is 56.1 Å². The number of allylic oxidation sites excluding steroid dienone is 2. The second-order valence-electron chi connectivity index (χ2n) is 9.16. The second-order valence-corrected chi connectivity index (χ2v) is 9.16. The molecular weight excluding hydrogens is 461 g/mol. The van der Waals surface area contributed by atoms with Gasteiger partial charge in [-0.15, -0.1) is 0 Å². The number of benzene rings is 1. The van der Waals surface area contributed by atoms with Crippen molar-refractivity contribution in [3.63, 3.8) is 0 Å². The Kier molecular flexibility index (Phi) is 7.83. The normalized spacial score (nSPS) is 24.2. The van der Waals surface area contributed by atoms with Crippen LogP contribution in [0.1, 0.15) is 18.4 Å². The second kappa shape index (κ2) is 11.6. The summed E-state index contributed by atoms with van der Waals surface area (Å²) in [7, 11) is 0. The minimum atomic E-state index is -0.218. The van der Waals surface area contributed by atoms with Crippen LogP contribution in [0.25, 0.3) is 0 Å². The molecule has 5 rings (SSSR count). The van der Waals surface area contributed by atoms with E-state index < -0.39 is 0 Å². The zero-order chi connectivity index (χ0) is 24.7. The van der Waals surface area contributed by atoms with E-state index in [1.807, 2.05) is 30.4 Å². The molecule has 0 saturated carbocycles. The van der Waals surface area contributed by atoms with Gasteiger partial charge in [0.2, 0.25) is 0 Å². The van der Waals surface area contributed by atoms with Crippen LogP contribution in [0.3, 0.4) is 0 Å². The maximum atomic E-state index is 13.8.